The van der Waals surface area contributed by atoms with Gasteiger partial charge in [0.2, 0.25) is 0 Å². The van der Waals surface area contributed by atoms with Crippen LogP contribution in [0.1, 0.15) is 22.7 Å². The first-order valence-corrected chi connectivity index (χ1v) is 7.74. The second-order valence-electron chi connectivity index (χ2n) is 5.57. The van der Waals surface area contributed by atoms with Gasteiger partial charge in [0.25, 0.3) is 0 Å². The predicted molar refractivity (Wildman–Crippen MR) is 93.4 cm³/mol. The molecule has 0 spiro atoms. The molecule has 0 bridgehead atoms. The van der Waals surface area contributed by atoms with E-state index in [2.05, 4.69) is 76.9 Å². The van der Waals surface area contributed by atoms with Gasteiger partial charge in [0.1, 0.15) is 0 Å². The van der Waals surface area contributed by atoms with Gasteiger partial charge < -0.3 is 0 Å². The summed E-state index contributed by atoms with van der Waals surface area (Å²) in [4.78, 5) is 0. The topological polar surface area (TPSA) is 25.8 Å². The van der Waals surface area contributed by atoms with Gasteiger partial charge in [0.05, 0.1) is 17.8 Å². The minimum absolute atomic E-state index is 0.0796. The molecule has 0 aliphatic rings. The molecule has 0 saturated heterocycles. The van der Waals surface area contributed by atoms with Crippen molar-refractivity contribution >= 4 is 10.8 Å². The number of rotatable bonds is 3. The molecule has 0 N–H and O–H groups in total. The minimum Gasteiger partial charge on any atom is -0.158 e. The molecule has 4 aromatic rings. The molecule has 0 aliphatic heterocycles. The highest BCUT2D eigenvalue weighted by Gasteiger charge is 2.20. The van der Waals surface area contributed by atoms with E-state index in [1.54, 1.807) is 0 Å². The van der Waals surface area contributed by atoms with E-state index >= 15 is 0 Å². The van der Waals surface area contributed by atoms with Crippen LogP contribution < -0.4 is 0 Å². The van der Waals surface area contributed by atoms with Gasteiger partial charge >= 0.3 is 0 Å². The summed E-state index contributed by atoms with van der Waals surface area (Å²) < 4.78 is 0. The monoisotopic (exact) mass is 296 g/mol. The third-order valence-corrected chi connectivity index (χ3v) is 4.14. The van der Waals surface area contributed by atoms with Crippen molar-refractivity contribution in [2.75, 3.05) is 0 Å². The second-order valence-corrected chi connectivity index (χ2v) is 5.57. The zero-order valence-electron chi connectivity index (χ0n) is 12.6. The summed E-state index contributed by atoms with van der Waals surface area (Å²) in [5.74, 6) is 0.0796. The molecule has 0 radical (unpaired) electrons. The number of aromatic nitrogens is 2. The van der Waals surface area contributed by atoms with Crippen LogP contribution in [-0.2, 0) is 0 Å². The summed E-state index contributed by atoms with van der Waals surface area (Å²) in [7, 11) is 0. The van der Waals surface area contributed by atoms with Gasteiger partial charge in [-0.15, -0.1) is 0 Å². The van der Waals surface area contributed by atoms with Crippen LogP contribution in [0.15, 0.2) is 91.1 Å². The molecular weight excluding hydrogens is 280 g/mol. The fraction of sp³-hybridized carbons (Fsp3) is 0.0476. The lowest BCUT2D eigenvalue weighted by Crippen LogP contribution is -2.07. The van der Waals surface area contributed by atoms with E-state index in [1.807, 2.05) is 24.4 Å². The molecule has 0 saturated carbocycles. The molecular formula is C21H16N2. The predicted octanol–water partition coefficient (Wildman–Crippen LogP) is 4.81. The van der Waals surface area contributed by atoms with Crippen molar-refractivity contribution in [1.82, 2.24) is 10.2 Å². The van der Waals surface area contributed by atoms with Crippen LogP contribution in [0, 0.1) is 0 Å². The average molecular weight is 296 g/mol. The van der Waals surface area contributed by atoms with Gasteiger partial charge in [-0.1, -0.05) is 84.9 Å². The highest BCUT2D eigenvalue weighted by Crippen LogP contribution is 2.33. The fourth-order valence-corrected chi connectivity index (χ4v) is 3.06. The molecule has 2 nitrogen and oxygen atoms in total. The number of hydrogen-bond acceptors (Lipinski definition) is 2. The lowest BCUT2D eigenvalue weighted by atomic mass is 9.86. The van der Waals surface area contributed by atoms with Crippen LogP contribution in [0.3, 0.4) is 0 Å². The van der Waals surface area contributed by atoms with Gasteiger partial charge in [0.15, 0.2) is 0 Å². The summed E-state index contributed by atoms with van der Waals surface area (Å²) in [6.45, 7) is 0. The maximum atomic E-state index is 4.51. The molecule has 23 heavy (non-hydrogen) atoms. The Morgan fingerprint density at radius 1 is 0.609 bits per heavy atom. The molecule has 0 atom stereocenters. The van der Waals surface area contributed by atoms with Crippen LogP contribution in [0.5, 0.6) is 0 Å². The van der Waals surface area contributed by atoms with Gasteiger partial charge in [-0.3, -0.25) is 0 Å². The van der Waals surface area contributed by atoms with Crippen molar-refractivity contribution in [3.8, 4) is 0 Å². The van der Waals surface area contributed by atoms with Crippen molar-refractivity contribution in [2.24, 2.45) is 0 Å². The van der Waals surface area contributed by atoms with E-state index in [0.717, 1.165) is 16.5 Å². The highest BCUT2D eigenvalue weighted by molar-refractivity contribution is 5.84. The fourth-order valence-electron chi connectivity index (χ4n) is 3.06. The molecule has 0 aliphatic carbocycles. The highest BCUT2D eigenvalue weighted by atomic mass is 15.1. The standard InChI is InChI=1S/C21H16N2/c1-3-9-16(10-4-1)20(17-11-5-2-6-12-17)21-19-14-8-7-13-18(19)15-22-23-21/h1-15,20H. The molecule has 0 unspecified atom stereocenters. The molecule has 4 rings (SSSR count). The quantitative estimate of drug-likeness (QED) is 0.542. The van der Waals surface area contributed by atoms with Crippen LogP contribution in [0.2, 0.25) is 0 Å². The van der Waals surface area contributed by atoms with E-state index in [-0.39, 0.29) is 5.92 Å². The van der Waals surface area contributed by atoms with Crippen LogP contribution in [-0.4, -0.2) is 10.2 Å². The Bertz CT molecular complexity index is 873. The molecule has 3 aromatic carbocycles. The lowest BCUT2D eigenvalue weighted by Gasteiger charge is -2.18. The summed E-state index contributed by atoms with van der Waals surface area (Å²) >= 11 is 0. The van der Waals surface area contributed by atoms with Gasteiger partial charge in [-0.05, 0) is 11.1 Å². The smallest absolute Gasteiger partial charge is 0.0828 e. The third kappa shape index (κ3) is 2.59. The maximum Gasteiger partial charge on any atom is 0.0828 e. The first kappa shape index (κ1) is 13.6. The third-order valence-electron chi connectivity index (χ3n) is 4.14. The zero-order valence-corrected chi connectivity index (χ0v) is 12.6. The Kier molecular flexibility index (Phi) is 3.57. The van der Waals surface area contributed by atoms with Crippen LogP contribution in [0.4, 0.5) is 0 Å². The molecule has 0 fully saturated rings. The van der Waals surface area contributed by atoms with Crippen LogP contribution in [0.25, 0.3) is 10.8 Å². The maximum absolute atomic E-state index is 4.51. The average Bonchev–Trinajstić information content (AvgIpc) is 2.64. The van der Waals surface area contributed by atoms with Crippen molar-refractivity contribution in [3.63, 3.8) is 0 Å². The summed E-state index contributed by atoms with van der Waals surface area (Å²) in [6, 6.07) is 29.3. The normalized spacial score (nSPS) is 11.0. The summed E-state index contributed by atoms with van der Waals surface area (Å²) in [6.07, 6.45) is 1.83. The Balaban J connectivity index is 1.98. The Hall–Kier alpha value is -3.00. The lowest BCUT2D eigenvalue weighted by molar-refractivity contribution is 0.873. The first-order valence-electron chi connectivity index (χ1n) is 7.74. The van der Waals surface area contributed by atoms with E-state index in [0.29, 0.717) is 0 Å². The van der Waals surface area contributed by atoms with E-state index in [1.165, 1.54) is 11.1 Å². The Labute approximate surface area is 135 Å². The molecule has 1 heterocycles. The minimum atomic E-state index is 0.0796. The Morgan fingerprint density at radius 3 is 1.83 bits per heavy atom. The van der Waals surface area contributed by atoms with Gasteiger partial charge in [0, 0.05) is 10.8 Å². The van der Waals surface area contributed by atoms with Crippen molar-refractivity contribution < 1.29 is 0 Å². The number of fused-ring (bicyclic) bond motifs is 1. The second kappa shape index (κ2) is 6.01. The summed E-state index contributed by atoms with van der Waals surface area (Å²) in [5, 5.41) is 11.0. The zero-order chi connectivity index (χ0) is 15.5. The van der Waals surface area contributed by atoms with Crippen molar-refractivity contribution in [1.29, 1.82) is 0 Å². The SMILES string of the molecule is c1ccc(C(c2ccccc2)c2nncc3ccccc23)cc1. The molecule has 110 valence electrons. The molecule has 0 amide bonds. The van der Waals surface area contributed by atoms with E-state index < -0.39 is 0 Å². The number of benzene rings is 3. The summed E-state index contributed by atoms with van der Waals surface area (Å²) in [5.41, 5.74) is 3.45. The van der Waals surface area contributed by atoms with E-state index in [9.17, 15) is 0 Å². The molecule has 2 heteroatoms. The van der Waals surface area contributed by atoms with E-state index in [4.69, 9.17) is 0 Å². The number of hydrogen-bond donors (Lipinski definition) is 0. The Morgan fingerprint density at radius 2 is 1.17 bits per heavy atom. The molecule has 1 aromatic heterocycles. The van der Waals surface area contributed by atoms with Gasteiger partial charge in [-0.2, -0.15) is 10.2 Å². The van der Waals surface area contributed by atoms with Crippen molar-refractivity contribution in [2.45, 2.75) is 5.92 Å². The largest absolute Gasteiger partial charge is 0.158 e. The first-order chi connectivity index (χ1) is 11.4. The van der Waals surface area contributed by atoms with Gasteiger partial charge in [-0.25, -0.2) is 0 Å². The number of nitrogens with zero attached hydrogens (tertiary/aromatic N) is 2. The van der Waals surface area contributed by atoms with Crippen molar-refractivity contribution in [3.05, 3.63) is 108 Å². The van der Waals surface area contributed by atoms with Crippen LogP contribution >= 0.6 is 0 Å².